The van der Waals surface area contributed by atoms with Crippen molar-refractivity contribution >= 4 is 71.0 Å². The summed E-state index contributed by atoms with van der Waals surface area (Å²) in [7, 11) is 0. The van der Waals surface area contributed by atoms with Crippen molar-refractivity contribution in [3.63, 3.8) is 0 Å². The van der Waals surface area contributed by atoms with Crippen LogP contribution in [0.1, 0.15) is 60.5 Å². The third-order valence-electron chi connectivity index (χ3n) is 13.1. The molecule has 0 saturated carbocycles. The van der Waals surface area contributed by atoms with Gasteiger partial charge in [-0.25, -0.2) is 0 Å². The van der Waals surface area contributed by atoms with E-state index >= 15 is 0 Å². The number of anilines is 1. The van der Waals surface area contributed by atoms with Gasteiger partial charge in [0.2, 0.25) is 0 Å². The van der Waals surface area contributed by atoms with E-state index in [9.17, 15) is 0 Å². The molecule has 9 aromatic rings. The quantitative estimate of drug-likeness (QED) is 0.193. The van der Waals surface area contributed by atoms with E-state index in [1.54, 1.807) is 5.57 Å². The maximum Gasteiger partial charge on any atom is 0.0707 e. The van der Waals surface area contributed by atoms with Gasteiger partial charge in [-0.1, -0.05) is 141 Å². The first kappa shape index (κ1) is 31.7. The lowest BCUT2D eigenvalue weighted by Gasteiger charge is -2.30. The molecule has 1 N–H and O–H groups in total. The Bertz CT molecular complexity index is 3140. The lowest BCUT2D eigenvalue weighted by molar-refractivity contribution is 0.607. The molecule has 266 valence electrons. The van der Waals surface area contributed by atoms with Crippen LogP contribution in [0.5, 0.6) is 0 Å². The predicted molar refractivity (Wildman–Crippen MR) is 238 cm³/mol. The number of nitrogens with one attached hydrogen (secondary N) is 1. The van der Waals surface area contributed by atoms with Crippen LogP contribution in [0.15, 0.2) is 175 Å². The van der Waals surface area contributed by atoms with Crippen LogP contribution in [0.2, 0.25) is 0 Å². The molecule has 12 rings (SSSR count). The van der Waals surface area contributed by atoms with Gasteiger partial charge in [0.05, 0.1) is 17.1 Å². The highest BCUT2D eigenvalue weighted by Gasteiger charge is 2.39. The van der Waals surface area contributed by atoms with Gasteiger partial charge in [0.15, 0.2) is 0 Å². The Hall–Kier alpha value is -6.64. The zero-order valence-corrected chi connectivity index (χ0v) is 31.6. The highest BCUT2D eigenvalue weighted by Crippen LogP contribution is 2.53. The maximum absolute atomic E-state index is 4.03. The number of aromatic nitrogens is 1. The summed E-state index contributed by atoms with van der Waals surface area (Å²) in [5, 5.41) is 14.3. The van der Waals surface area contributed by atoms with E-state index in [-0.39, 0.29) is 11.5 Å². The Morgan fingerprint density at radius 3 is 1.96 bits per heavy atom. The van der Waals surface area contributed by atoms with Crippen molar-refractivity contribution in [2.24, 2.45) is 0 Å². The fraction of sp³-hybridized carbons (Fsp3) is 0.111. The maximum atomic E-state index is 4.03. The van der Waals surface area contributed by atoms with Gasteiger partial charge in [-0.3, -0.25) is 0 Å². The van der Waals surface area contributed by atoms with E-state index in [1.165, 1.54) is 104 Å². The number of nitrogens with zero attached hydrogens (tertiary/aromatic N) is 1. The summed E-state index contributed by atoms with van der Waals surface area (Å²) in [6.45, 7) is 4.83. The minimum Gasteiger partial charge on any atom is -0.374 e. The van der Waals surface area contributed by atoms with Crippen molar-refractivity contribution in [2.75, 3.05) is 5.32 Å². The summed E-state index contributed by atoms with van der Waals surface area (Å²) < 4.78 is 2.46. The molecule has 3 aliphatic rings. The van der Waals surface area contributed by atoms with Crippen LogP contribution in [0.4, 0.5) is 5.69 Å². The summed E-state index contributed by atoms with van der Waals surface area (Å²) in [5.41, 5.74) is 15.7. The second-order valence-electron chi connectivity index (χ2n) is 16.5. The lowest BCUT2D eigenvalue weighted by Crippen LogP contribution is -2.20. The van der Waals surface area contributed by atoms with Crippen molar-refractivity contribution in [3.05, 3.63) is 203 Å². The van der Waals surface area contributed by atoms with E-state index in [2.05, 4.69) is 194 Å². The number of allylic oxidation sites excluding steroid dienone is 4. The van der Waals surface area contributed by atoms with E-state index in [0.29, 0.717) is 0 Å². The number of rotatable bonds is 3. The fourth-order valence-corrected chi connectivity index (χ4v) is 10.3. The lowest BCUT2D eigenvalue weighted by atomic mass is 9.77. The number of benzene rings is 8. The van der Waals surface area contributed by atoms with E-state index in [0.717, 1.165) is 12.8 Å². The van der Waals surface area contributed by atoms with Crippen LogP contribution >= 0.6 is 0 Å². The molecule has 8 aromatic carbocycles. The van der Waals surface area contributed by atoms with Gasteiger partial charge in [-0.05, 0) is 127 Å². The van der Waals surface area contributed by atoms with Gasteiger partial charge in [-0.15, -0.1) is 0 Å². The first-order chi connectivity index (χ1) is 27.5. The molecule has 2 aliphatic carbocycles. The van der Waals surface area contributed by atoms with E-state index < -0.39 is 0 Å². The third-order valence-corrected chi connectivity index (χ3v) is 13.1. The topological polar surface area (TPSA) is 17.0 Å². The average Bonchev–Trinajstić information content (AvgIpc) is 3.71. The predicted octanol–water partition coefficient (Wildman–Crippen LogP) is 14.2. The van der Waals surface area contributed by atoms with Crippen molar-refractivity contribution in [1.29, 1.82) is 0 Å². The van der Waals surface area contributed by atoms with Crippen molar-refractivity contribution in [3.8, 4) is 5.69 Å². The third kappa shape index (κ3) is 4.50. The first-order valence-corrected chi connectivity index (χ1v) is 20.0. The summed E-state index contributed by atoms with van der Waals surface area (Å²) in [6, 6.07) is 56.6. The second kappa shape index (κ2) is 11.7. The molecule has 1 aliphatic heterocycles. The van der Waals surface area contributed by atoms with Gasteiger partial charge >= 0.3 is 0 Å². The van der Waals surface area contributed by atoms with Crippen molar-refractivity contribution in [2.45, 2.75) is 38.1 Å². The molecule has 56 heavy (non-hydrogen) atoms. The molecule has 2 heterocycles. The zero-order chi connectivity index (χ0) is 37.1. The minimum absolute atomic E-state index is 0.00647. The molecular weight excluding hydrogens is 677 g/mol. The van der Waals surface area contributed by atoms with Gasteiger partial charge in [-0.2, -0.15) is 0 Å². The Morgan fingerprint density at radius 2 is 1.25 bits per heavy atom. The van der Waals surface area contributed by atoms with Crippen LogP contribution in [-0.4, -0.2) is 4.57 Å². The largest absolute Gasteiger partial charge is 0.374 e. The molecule has 0 saturated heterocycles. The molecule has 0 spiro atoms. The summed E-state index contributed by atoms with van der Waals surface area (Å²) in [6.07, 6.45) is 9.44. The standard InChI is InChI=1S/C54H40N2/c1-54(2)46-18-10-9-17-42(46)44-30-45-43(38-20-19-33-11-3-4-14-37(33)29-38)31-48(55-49(45)32-47(44)54)36-21-25-39(26-22-36)56-50-27-23-34-12-5-7-15-40(34)52(50)53-41-16-8-6-13-35(41)24-28-51(53)56/h3-9,11-17,19-32,48,55H,10,18H2,1-2H3. The molecule has 0 fully saturated rings. The Morgan fingerprint density at radius 1 is 0.607 bits per heavy atom. The molecule has 2 heteroatoms. The van der Waals surface area contributed by atoms with E-state index in [1.807, 2.05) is 0 Å². The number of hydrogen-bond donors (Lipinski definition) is 1. The van der Waals surface area contributed by atoms with Crippen LogP contribution < -0.4 is 5.32 Å². The van der Waals surface area contributed by atoms with Crippen LogP contribution in [0.3, 0.4) is 0 Å². The molecule has 0 bridgehead atoms. The second-order valence-corrected chi connectivity index (χ2v) is 16.5. The van der Waals surface area contributed by atoms with Gasteiger partial charge < -0.3 is 9.88 Å². The van der Waals surface area contributed by atoms with Crippen LogP contribution in [0, 0.1) is 0 Å². The fourth-order valence-electron chi connectivity index (χ4n) is 10.3. The van der Waals surface area contributed by atoms with Crippen molar-refractivity contribution in [1.82, 2.24) is 4.57 Å². The Balaban J connectivity index is 1.02. The van der Waals surface area contributed by atoms with Gasteiger partial charge in [0, 0.05) is 33.1 Å². The minimum atomic E-state index is 0.00647. The van der Waals surface area contributed by atoms with E-state index in [4.69, 9.17) is 0 Å². The number of hydrogen-bond acceptors (Lipinski definition) is 1. The zero-order valence-electron chi connectivity index (χ0n) is 31.6. The summed E-state index contributed by atoms with van der Waals surface area (Å²) >= 11 is 0. The Kier molecular flexibility index (Phi) is 6.61. The first-order valence-electron chi connectivity index (χ1n) is 20.0. The summed E-state index contributed by atoms with van der Waals surface area (Å²) in [4.78, 5) is 0. The molecule has 1 aromatic heterocycles. The molecule has 1 atom stereocenters. The molecule has 0 amide bonds. The van der Waals surface area contributed by atoms with Crippen molar-refractivity contribution < 1.29 is 0 Å². The monoisotopic (exact) mass is 716 g/mol. The highest BCUT2D eigenvalue weighted by molar-refractivity contribution is 6.28. The highest BCUT2D eigenvalue weighted by atomic mass is 15.0. The Labute approximate surface area is 326 Å². The normalized spacial score (nSPS) is 17.0. The molecule has 1 unspecified atom stereocenters. The smallest absolute Gasteiger partial charge is 0.0707 e. The van der Waals surface area contributed by atoms with Crippen LogP contribution in [0.25, 0.3) is 71.0 Å². The SMILES string of the molecule is CC1(C)C2=C(C=CCC2)c2cc3c(cc21)NC(c1ccc(-n2c4ccc5ccccc5c4c4c5ccccc5ccc42)cc1)C=C3c1ccc2ccccc2c1. The average molecular weight is 717 g/mol. The van der Waals surface area contributed by atoms with Gasteiger partial charge in [0.25, 0.3) is 0 Å². The molecular formula is C54H40N2. The van der Waals surface area contributed by atoms with Gasteiger partial charge in [0.1, 0.15) is 0 Å². The molecule has 2 nitrogen and oxygen atoms in total. The molecule has 0 radical (unpaired) electrons. The summed E-state index contributed by atoms with van der Waals surface area (Å²) in [5.74, 6) is 0. The van der Waals surface area contributed by atoms with Crippen LogP contribution in [-0.2, 0) is 5.41 Å². The number of fused-ring (bicyclic) bond motifs is 11.